The van der Waals surface area contributed by atoms with Gasteiger partial charge in [-0.15, -0.1) is 11.3 Å². The Morgan fingerprint density at radius 1 is 1.27 bits per heavy atom. The molecule has 2 aliphatic rings. The van der Waals surface area contributed by atoms with Crippen LogP contribution in [0.25, 0.3) is 0 Å². The van der Waals surface area contributed by atoms with Crippen LogP contribution in [-0.4, -0.2) is 76.5 Å². The largest absolute Gasteiger partial charge is 0.355 e. The van der Waals surface area contributed by atoms with Crippen molar-refractivity contribution in [2.24, 2.45) is 4.99 Å². The standard InChI is InChI=1S/C17H29N5O2S2/c1-18-17(19-8-9-20-26(23,24)16-6-5-13-25-16)22-12-7-15(14-22)21-10-3-2-4-11-21/h5-6,13,15,20H,2-4,7-12,14H2,1H3,(H,18,19). The van der Waals surface area contributed by atoms with E-state index in [-0.39, 0.29) is 0 Å². The van der Waals surface area contributed by atoms with Gasteiger partial charge in [-0.25, -0.2) is 13.1 Å². The van der Waals surface area contributed by atoms with Crippen LogP contribution < -0.4 is 10.0 Å². The summed E-state index contributed by atoms with van der Waals surface area (Å²) in [4.78, 5) is 9.27. The monoisotopic (exact) mass is 399 g/mol. The van der Waals surface area contributed by atoms with Crippen LogP contribution >= 0.6 is 11.3 Å². The summed E-state index contributed by atoms with van der Waals surface area (Å²) in [5, 5.41) is 5.05. The number of hydrogen-bond donors (Lipinski definition) is 2. The Morgan fingerprint density at radius 3 is 2.77 bits per heavy atom. The minimum Gasteiger partial charge on any atom is -0.355 e. The first kappa shape index (κ1) is 19.6. The lowest BCUT2D eigenvalue weighted by atomic mass is 10.1. The van der Waals surface area contributed by atoms with Crippen molar-refractivity contribution in [3.8, 4) is 0 Å². The van der Waals surface area contributed by atoms with Crippen molar-refractivity contribution in [1.29, 1.82) is 0 Å². The Labute approximate surface area is 160 Å². The fourth-order valence-corrected chi connectivity index (χ4v) is 5.76. The topological polar surface area (TPSA) is 77.0 Å². The minimum absolute atomic E-state index is 0.336. The van der Waals surface area contributed by atoms with E-state index in [1.807, 2.05) is 0 Å². The molecule has 2 saturated heterocycles. The zero-order valence-electron chi connectivity index (χ0n) is 15.4. The molecule has 3 heterocycles. The lowest BCUT2D eigenvalue weighted by Crippen LogP contribution is -2.46. The Bertz CT molecular complexity index is 684. The van der Waals surface area contributed by atoms with Crippen LogP contribution in [0.4, 0.5) is 0 Å². The van der Waals surface area contributed by atoms with Crippen LogP contribution in [0, 0.1) is 0 Å². The van der Waals surface area contributed by atoms with Gasteiger partial charge in [-0.2, -0.15) is 0 Å². The third-order valence-corrected chi connectivity index (χ3v) is 7.90. The van der Waals surface area contributed by atoms with Crippen molar-refractivity contribution in [2.75, 3.05) is 46.3 Å². The average Bonchev–Trinajstić information content (AvgIpc) is 3.35. The van der Waals surface area contributed by atoms with Gasteiger partial charge in [-0.05, 0) is 43.8 Å². The SMILES string of the molecule is CN=C(NCCNS(=O)(=O)c1cccs1)N1CCC(N2CCCCC2)C1. The first-order chi connectivity index (χ1) is 12.6. The van der Waals surface area contributed by atoms with Gasteiger partial charge in [0.05, 0.1) is 0 Å². The summed E-state index contributed by atoms with van der Waals surface area (Å²) in [7, 11) is -1.61. The van der Waals surface area contributed by atoms with Crippen molar-refractivity contribution in [2.45, 2.75) is 35.9 Å². The second-order valence-electron chi connectivity index (χ2n) is 6.79. The molecule has 2 aliphatic heterocycles. The highest BCUT2D eigenvalue weighted by molar-refractivity contribution is 7.91. The van der Waals surface area contributed by atoms with E-state index in [9.17, 15) is 8.42 Å². The van der Waals surface area contributed by atoms with Crippen LogP contribution in [0.15, 0.2) is 26.7 Å². The van der Waals surface area contributed by atoms with E-state index in [1.165, 1.54) is 50.1 Å². The molecule has 7 nitrogen and oxygen atoms in total. The van der Waals surface area contributed by atoms with E-state index in [0.29, 0.717) is 23.3 Å². The van der Waals surface area contributed by atoms with Gasteiger partial charge in [0.25, 0.3) is 0 Å². The summed E-state index contributed by atoms with van der Waals surface area (Å²) in [5.41, 5.74) is 0. The highest BCUT2D eigenvalue weighted by atomic mass is 32.2. The molecule has 3 rings (SSSR count). The number of hydrogen-bond acceptors (Lipinski definition) is 5. The molecule has 26 heavy (non-hydrogen) atoms. The molecule has 0 bridgehead atoms. The maximum absolute atomic E-state index is 12.1. The number of sulfonamides is 1. The zero-order chi connectivity index (χ0) is 18.4. The molecule has 0 amide bonds. The van der Waals surface area contributed by atoms with E-state index in [0.717, 1.165) is 19.0 Å². The summed E-state index contributed by atoms with van der Waals surface area (Å²) >= 11 is 1.23. The molecule has 2 N–H and O–H groups in total. The molecule has 2 fully saturated rings. The normalized spacial score (nSPS) is 22.7. The van der Waals surface area contributed by atoms with Gasteiger partial charge in [0, 0.05) is 39.3 Å². The van der Waals surface area contributed by atoms with Gasteiger partial charge in [0.15, 0.2) is 5.96 Å². The number of rotatable bonds is 6. The summed E-state index contributed by atoms with van der Waals surface area (Å²) in [6.07, 6.45) is 5.16. The molecule has 1 aromatic rings. The van der Waals surface area contributed by atoms with Crippen LogP contribution in [-0.2, 0) is 10.0 Å². The first-order valence-corrected chi connectivity index (χ1v) is 11.7. The highest BCUT2D eigenvalue weighted by Crippen LogP contribution is 2.20. The second-order valence-corrected chi connectivity index (χ2v) is 9.73. The fourth-order valence-electron chi connectivity index (χ4n) is 3.70. The van der Waals surface area contributed by atoms with Crippen molar-refractivity contribution < 1.29 is 8.42 Å². The van der Waals surface area contributed by atoms with Crippen LogP contribution in [0.3, 0.4) is 0 Å². The molecule has 0 aliphatic carbocycles. The van der Waals surface area contributed by atoms with E-state index < -0.39 is 10.0 Å². The minimum atomic E-state index is -3.40. The van der Waals surface area contributed by atoms with Crippen LogP contribution in [0.2, 0.25) is 0 Å². The second kappa shape index (κ2) is 9.16. The Balaban J connectivity index is 1.42. The van der Waals surface area contributed by atoms with Crippen LogP contribution in [0.5, 0.6) is 0 Å². The quantitative estimate of drug-likeness (QED) is 0.426. The summed E-state index contributed by atoms with van der Waals surface area (Å²) in [5.74, 6) is 0.861. The molecule has 0 saturated carbocycles. The first-order valence-electron chi connectivity index (χ1n) is 9.33. The van der Waals surface area contributed by atoms with Crippen molar-refractivity contribution in [3.05, 3.63) is 17.5 Å². The van der Waals surface area contributed by atoms with Crippen molar-refractivity contribution in [3.63, 3.8) is 0 Å². The summed E-state index contributed by atoms with van der Waals surface area (Å²) in [6.45, 7) is 5.29. The van der Waals surface area contributed by atoms with Gasteiger partial charge in [-0.3, -0.25) is 9.89 Å². The molecule has 0 radical (unpaired) electrons. The van der Waals surface area contributed by atoms with E-state index in [2.05, 4.69) is 24.8 Å². The molecular weight excluding hydrogens is 370 g/mol. The fraction of sp³-hybridized carbons (Fsp3) is 0.706. The molecule has 0 aromatic carbocycles. The van der Waals surface area contributed by atoms with Gasteiger partial charge in [0.1, 0.15) is 4.21 Å². The van der Waals surface area contributed by atoms with E-state index >= 15 is 0 Å². The van der Waals surface area contributed by atoms with Gasteiger partial charge >= 0.3 is 0 Å². The maximum Gasteiger partial charge on any atom is 0.250 e. The summed E-state index contributed by atoms with van der Waals surface area (Å²) < 4.78 is 27.2. The number of piperidine rings is 1. The van der Waals surface area contributed by atoms with Crippen LogP contribution in [0.1, 0.15) is 25.7 Å². The highest BCUT2D eigenvalue weighted by Gasteiger charge is 2.29. The molecule has 146 valence electrons. The zero-order valence-corrected chi connectivity index (χ0v) is 17.0. The molecule has 1 atom stereocenters. The lowest BCUT2D eigenvalue weighted by molar-refractivity contribution is 0.168. The Hall–Kier alpha value is -1.16. The number of guanidine groups is 1. The number of aliphatic imine (C=N–C) groups is 1. The number of nitrogens with one attached hydrogen (secondary N) is 2. The van der Waals surface area contributed by atoms with Crippen molar-refractivity contribution >= 4 is 27.3 Å². The predicted octanol–water partition coefficient (Wildman–Crippen LogP) is 1.16. The third-order valence-electron chi connectivity index (χ3n) is 5.04. The van der Waals surface area contributed by atoms with Crippen molar-refractivity contribution in [1.82, 2.24) is 19.8 Å². The lowest BCUT2D eigenvalue weighted by Gasteiger charge is -2.32. The van der Waals surface area contributed by atoms with Gasteiger partial charge in [-0.1, -0.05) is 12.5 Å². The van der Waals surface area contributed by atoms with E-state index in [1.54, 1.807) is 24.6 Å². The predicted molar refractivity (Wildman–Crippen MR) is 106 cm³/mol. The Kier molecular flexibility index (Phi) is 6.91. The molecular formula is C17H29N5O2S2. The number of thiophene rings is 1. The summed E-state index contributed by atoms with van der Waals surface area (Å²) in [6, 6.07) is 3.97. The average molecular weight is 400 g/mol. The molecule has 0 spiro atoms. The molecule has 9 heteroatoms. The third kappa shape index (κ3) is 4.97. The molecule has 1 aromatic heterocycles. The smallest absolute Gasteiger partial charge is 0.250 e. The van der Waals surface area contributed by atoms with Gasteiger partial charge in [0.2, 0.25) is 10.0 Å². The number of nitrogens with zero attached hydrogens (tertiary/aromatic N) is 3. The Morgan fingerprint density at radius 2 is 2.08 bits per heavy atom. The van der Waals surface area contributed by atoms with Gasteiger partial charge < -0.3 is 10.2 Å². The number of likely N-dealkylation sites (tertiary alicyclic amines) is 2. The molecule has 1 unspecified atom stereocenters. The van der Waals surface area contributed by atoms with E-state index in [4.69, 9.17) is 0 Å². The maximum atomic E-state index is 12.1.